The zero-order valence-corrected chi connectivity index (χ0v) is 8.16. The average Bonchev–Trinajstić information content (AvgIpc) is 1.86. The molecule has 1 aliphatic rings. The predicted molar refractivity (Wildman–Crippen MR) is 53.9 cm³/mol. The van der Waals surface area contributed by atoms with Gasteiger partial charge in [-0.1, -0.05) is 45.1 Å². The summed E-state index contributed by atoms with van der Waals surface area (Å²) in [5.74, 6) is 0. The fourth-order valence-corrected chi connectivity index (χ4v) is 1.24. The summed E-state index contributed by atoms with van der Waals surface area (Å²) < 4.78 is 0. The minimum absolute atomic E-state index is 0.270. The van der Waals surface area contributed by atoms with Crippen LogP contribution < -0.4 is 0 Å². The van der Waals surface area contributed by atoms with E-state index < -0.39 is 0 Å². The number of hydrogen-bond acceptors (Lipinski definition) is 1. The minimum atomic E-state index is 0.270. The van der Waals surface area contributed by atoms with E-state index in [9.17, 15) is 0 Å². The lowest BCUT2D eigenvalue weighted by molar-refractivity contribution is 0.515. The van der Waals surface area contributed by atoms with Crippen LogP contribution >= 0.6 is 12.2 Å². The van der Waals surface area contributed by atoms with Crippen molar-refractivity contribution in [2.75, 3.05) is 0 Å². The van der Waals surface area contributed by atoms with Crippen LogP contribution in [0.3, 0.4) is 0 Å². The molecule has 0 N–H and O–H groups in total. The third kappa shape index (κ3) is 2.26. The molecule has 0 aromatic carbocycles. The number of rotatable bonds is 0. The molecule has 0 saturated carbocycles. The molecule has 0 radical (unpaired) electrons. The average molecular weight is 166 g/mol. The highest BCUT2D eigenvalue weighted by Crippen LogP contribution is 2.28. The largest absolute Gasteiger partial charge is 0.0846 e. The molecule has 1 heteroatoms. The highest BCUT2D eigenvalue weighted by molar-refractivity contribution is 7.80. The van der Waals surface area contributed by atoms with Gasteiger partial charge in [-0.3, -0.25) is 0 Å². The Morgan fingerprint density at radius 3 is 2.27 bits per heavy atom. The molecule has 1 aliphatic carbocycles. The molecule has 0 amide bonds. The summed E-state index contributed by atoms with van der Waals surface area (Å²) in [6.07, 6.45) is 7.34. The van der Waals surface area contributed by atoms with Gasteiger partial charge in [-0.25, -0.2) is 0 Å². The zero-order valence-electron chi connectivity index (χ0n) is 7.35. The second-order valence-corrected chi connectivity index (χ2v) is 4.44. The lowest BCUT2D eigenvalue weighted by Gasteiger charge is -2.22. The Morgan fingerprint density at radius 2 is 1.91 bits per heavy atom. The van der Waals surface area contributed by atoms with Gasteiger partial charge in [0, 0.05) is 11.3 Å². The van der Waals surface area contributed by atoms with Crippen molar-refractivity contribution in [1.82, 2.24) is 0 Å². The molecule has 0 bridgehead atoms. The fourth-order valence-electron chi connectivity index (χ4n) is 1.09. The van der Waals surface area contributed by atoms with Crippen molar-refractivity contribution >= 4 is 17.1 Å². The molecule has 0 atom stereocenters. The molecule has 0 aromatic heterocycles. The van der Waals surface area contributed by atoms with Crippen molar-refractivity contribution in [3.63, 3.8) is 0 Å². The molecule has 60 valence electrons. The molecule has 0 spiro atoms. The van der Waals surface area contributed by atoms with Crippen LogP contribution in [0.2, 0.25) is 0 Å². The van der Waals surface area contributed by atoms with E-state index in [4.69, 9.17) is 12.2 Å². The molecule has 0 nitrogen and oxygen atoms in total. The third-order valence-corrected chi connectivity index (χ3v) is 2.14. The van der Waals surface area contributed by atoms with Gasteiger partial charge in [-0.05, 0) is 17.1 Å². The second-order valence-electron chi connectivity index (χ2n) is 3.91. The maximum absolute atomic E-state index is 5.05. The third-order valence-electron chi connectivity index (χ3n) is 1.84. The van der Waals surface area contributed by atoms with E-state index in [1.807, 2.05) is 6.08 Å². The summed E-state index contributed by atoms with van der Waals surface area (Å²) in [6.45, 7) is 6.66. The Morgan fingerprint density at radius 1 is 1.27 bits per heavy atom. The van der Waals surface area contributed by atoms with E-state index in [0.29, 0.717) is 0 Å². The van der Waals surface area contributed by atoms with Gasteiger partial charge in [0.05, 0.1) is 0 Å². The first kappa shape index (κ1) is 8.66. The van der Waals surface area contributed by atoms with E-state index in [2.05, 4.69) is 32.9 Å². The second kappa shape index (κ2) is 2.90. The SMILES string of the molecule is CC(C)(C)C1=CCC(=S)C=C1. The number of hydrogen-bond donors (Lipinski definition) is 0. The van der Waals surface area contributed by atoms with Crippen LogP contribution in [0.4, 0.5) is 0 Å². The van der Waals surface area contributed by atoms with Crippen LogP contribution in [0.15, 0.2) is 23.8 Å². The van der Waals surface area contributed by atoms with Crippen LogP contribution in [0.5, 0.6) is 0 Å². The molecule has 0 unspecified atom stereocenters. The Bertz CT molecular complexity index is 226. The van der Waals surface area contributed by atoms with Crippen molar-refractivity contribution < 1.29 is 0 Å². The van der Waals surface area contributed by atoms with Crippen LogP contribution in [0.25, 0.3) is 0 Å². The zero-order chi connectivity index (χ0) is 8.48. The quantitative estimate of drug-likeness (QED) is 0.498. The topological polar surface area (TPSA) is 0 Å². The van der Waals surface area contributed by atoms with Gasteiger partial charge in [0.15, 0.2) is 0 Å². The molecule has 0 fully saturated rings. The van der Waals surface area contributed by atoms with Gasteiger partial charge in [0.25, 0.3) is 0 Å². The number of thiocarbonyl (C=S) groups is 1. The Kier molecular flexibility index (Phi) is 2.28. The maximum Gasteiger partial charge on any atom is 0.0190 e. The summed E-state index contributed by atoms with van der Waals surface area (Å²) in [5, 5.41) is 0. The van der Waals surface area contributed by atoms with Crippen LogP contribution in [0.1, 0.15) is 27.2 Å². The molecular weight excluding hydrogens is 152 g/mol. The van der Waals surface area contributed by atoms with Crippen molar-refractivity contribution in [1.29, 1.82) is 0 Å². The Hall–Kier alpha value is -0.430. The van der Waals surface area contributed by atoms with E-state index >= 15 is 0 Å². The van der Waals surface area contributed by atoms with E-state index in [-0.39, 0.29) is 5.41 Å². The van der Waals surface area contributed by atoms with E-state index in [1.165, 1.54) is 5.57 Å². The first-order valence-corrected chi connectivity index (χ1v) is 4.32. The highest BCUT2D eigenvalue weighted by Gasteiger charge is 2.15. The maximum atomic E-state index is 5.05. The highest BCUT2D eigenvalue weighted by atomic mass is 32.1. The smallest absolute Gasteiger partial charge is 0.0190 e. The monoisotopic (exact) mass is 166 g/mol. The van der Waals surface area contributed by atoms with Crippen molar-refractivity contribution in [3.8, 4) is 0 Å². The first-order valence-electron chi connectivity index (χ1n) is 3.92. The van der Waals surface area contributed by atoms with Crippen LogP contribution in [0, 0.1) is 5.41 Å². The molecule has 0 saturated heterocycles. The minimum Gasteiger partial charge on any atom is -0.0846 e. The molecule has 0 aliphatic heterocycles. The normalized spacial score (nSPS) is 18.5. The van der Waals surface area contributed by atoms with Crippen LogP contribution in [-0.2, 0) is 0 Å². The van der Waals surface area contributed by atoms with Gasteiger partial charge in [0.2, 0.25) is 0 Å². The number of allylic oxidation sites excluding steroid dienone is 4. The summed E-state index contributed by atoms with van der Waals surface area (Å²) in [5.41, 5.74) is 1.66. The molecule has 1 rings (SSSR count). The van der Waals surface area contributed by atoms with Gasteiger partial charge in [-0.15, -0.1) is 0 Å². The molecule has 0 aromatic rings. The summed E-state index contributed by atoms with van der Waals surface area (Å²) >= 11 is 5.05. The lowest BCUT2D eigenvalue weighted by atomic mass is 9.84. The first-order chi connectivity index (χ1) is 5.00. The predicted octanol–water partition coefficient (Wildman–Crippen LogP) is 3.29. The van der Waals surface area contributed by atoms with Gasteiger partial charge in [-0.2, -0.15) is 0 Å². The van der Waals surface area contributed by atoms with Crippen LogP contribution in [-0.4, -0.2) is 4.86 Å². The molecule has 0 heterocycles. The van der Waals surface area contributed by atoms with E-state index in [0.717, 1.165) is 11.3 Å². The van der Waals surface area contributed by atoms with Crippen molar-refractivity contribution in [2.45, 2.75) is 27.2 Å². The van der Waals surface area contributed by atoms with E-state index in [1.54, 1.807) is 0 Å². The van der Waals surface area contributed by atoms with Gasteiger partial charge < -0.3 is 0 Å². The Labute approximate surface area is 74.0 Å². The Balaban J connectivity index is 2.79. The van der Waals surface area contributed by atoms with Crippen molar-refractivity contribution in [3.05, 3.63) is 23.8 Å². The van der Waals surface area contributed by atoms with Crippen molar-refractivity contribution in [2.24, 2.45) is 5.41 Å². The summed E-state index contributed by atoms with van der Waals surface area (Å²) in [4.78, 5) is 1.04. The standard InChI is InChI=1S/C10H14S/c1-10(2,3)8-4-6-9(11)7-5-8/h4-6H,7H2,1-3H3. The molecular formula is C10H14S. The lowest BCUT2D eigenvalue weighted by Crippen LogP contribution is -2.10. The van der Waals surface area contributed by atoms with Gasteiger partial charge >= 0.3 is 0 Å². The van der Waals surface area contributed by atoms with Gasteiger partial charge in [0.1, 0.15) is 0 Å². The summed E-state index contributed by atoms with van der Waals surface area (Å²) in [7, 11) is 0. The fraction of sp³-hybridized carbons (Fsp3) is 0.500. The summed E-state index contributed by atoms with van der Waals surface area (Å²) in [6, 6.07) is 0. The molecule has 11 heavy (non-hydrogen) atoms.